The summed E-state index contributed by atoms with van der Waals surface area (Å²) >= 11 is 0. The van der Waals surface area contributed by atoms with Crippen LogP contribution < -0.4 is 10.6 Å². The first-order valence-electron chi connectivity index (χ1n) is 5.58. The maximum Gasteiger partial charge on any atom is 0.316 e. The van der Waals surface area contributed by atoms with Gasteiger partial charge in [-0.15, -0.1) is 0 Å². The molecule has 1 fully saturated rings. The molecule has 2 amide bonds. The molecule has 1 heterocycles. The van der Waals surface area contributed by atoms with E-state index in [0.29, 0.717) is 24.3 Å². The minimum Gasteiger partial charge on any atom is -0.288 e. The molecule has 90 valence electrons. The summed E-state index contributed by atoms with van der Waals surface area (Å²) in [7, 11) is 0. The second-order valence-electron chi connectivity index (χ2n) is 4.75. The zero-order valence-electron chi connectivity index (χ0n) is 10.2. The van der Waals surface area contributed by atoms with E-state index in [4.69, 9.17) is 0 Å². The molecule has 0 aromatic heterocycles. The van der Waals surface area contributed by atoms with E-state index in [-0.39, 0.29) is 5.96 Å². The van der Waals surface area contributed by atoms with Crippen molar-refractivity contribution in [3.63, 3.8) is 0 Å². The van der Waals surface area contributed by atoms with E-state index in [9.17, 15) is 9.59 Å². The summed E-state index contributed by atoms with van der Waals surface area (Å²) < 4.78 is 0. The molecule has 0 aromatic rings. The lowest BCUT2D eigenvalue weighted by Crippen LogP contribution is -2.28. The van der Waals surface area contributed by atoms with Crippen LogP contribution in [-0.2, 0) is 9.59 Å². The quantitative estimate of drug-likeness (QED) is 0.685. The zero-order valence-corrected chi connectivity index (χ0v) is 10.2. The van der Waals surface area contributed by atoms with Gasteiger partial charge < -0.3 is 0 Å². The molecule has 1 saturated heterocycles. The first-order chi connectivity index (χ1) is 7.41. The third kappa shape index (κ3) is 3.05. The SMILES string of the molecule is CC(C)C(CN=C1NC(=O)C(=O)N1)C(C)C. The van der Waals surface area contributed by atoms with Gasteiger partial charge in [-0.3, -0.25) is 25.2 Å². The maximum absolute atomic E-state index is 10.9. The number of amides is 2. The summed E-state index contributed by atoms with van der Waals surface area (Å²) in [5.41, 5.74) is 0. The minimum absolute atomic E-state index is 0.279. The van der Waals surface area contributed by atoms with Crippen LogP contribution in [0.5, 0.6) is 0 Å². The fourth-order valence-corrected chi connectivity index (χ4v) is 1.83. The van der Waals surface area contributed by atoms with E-state index in [1.807, 2.05) is 0 Å². The Labute approximate surface area is 95.7 Å². The average molecular weight is 225 g/mol. The normalized spacial score (nSPS) is 16.1. The fourth-order valence-electron chi connectivity index (χ4n) is 1.83. The van der Waals surface area contributed by atoms with Gasteiger partial charge in [-0.2, -0.15) is 0 Å². The molecule has 5 nitrogen and oxygen atoms in total. The molecule has 2 N–H and O–H groups in total. The van der Waals surface area contributed by atoms with Crippen molar-refractivity contribution in [3.8, 4) is 0 Å². The summed E-state index contributed by atoms with van der Waals surface area (Å²) in [5.74, 6) is 0.506. The van der Waals surface area contributed by atoms with E-state index >= 15 is 0 Å². The number of hydrogen-bond donors (Lipinski definition) is 2. The van der Waals surface area contributed by atoms with Crippen LogP contribution in [0.4, 0.5) is 0 Å². The smallest absolute Gasteiger partial charge is 0.288 e. The predicted molar refractivity (Wildman–Crippen MR) is 61.8 cm³/mol. The molecular weight excluding hydrogens is 206 g/mol. The van der Waals surface area contributed by atoms with Gasteiger partial charge in [-0.05, 0) is 17.8 Å². The lowest BCUT2D eigenvalue weighted by Gasteiger charge is -2.22. The number of hydrogen-bond acceptors (Lipinski definition) is 3. The third-order valence-electron chi connectivity index (χ3n) is 2.84. The number of guanidine groups is 1. The van der Waals surface area contributed by atoms with Crippen molar-refractivity contribution in [2.45, 2.75) is 27.7 Å². The number of aliphatic imine (C=N–C) groups is 1. The van der Waals surface area contributed by atoms with Crippen LogP contribution in [0.2, 0.25) is 0 Å². The first kappa shape index (κ1) is 12.7. The Morgan fingerprint density at radius 3 is 1.81 bits per heavy atom. The van der Waals surface area contributed by atoms with Gasteiger partial charge in [0.1, 0.15) is 0 Å². The molecule has 0 radical (unpaired) electrons. The molecule has 0 aliphatic carbocycles. The zero-order chi connectivity index (χ0) is 12.3. The minimum atomic E-state index is -0.635. The lowest BCUT2D eigenvalue weighted by molar-refractivity contribution is -0.135. The summed E-state index contributed by atoms with van der Waals surface area (Å²) in [4.78, 5) is 26.0. The van der Waals surface area contributed by atoms with E-state index in [1.165, 1.54) is 0 Å². The first-order valence-corrected chi connectivity index (χ1v) is 5.58. The fraction of sp³-hybridized carbons (Fsp3) is 0.727. The number of carbonyl (C=O) groups is 2. The van der Waals surface area contributed by atoms with Gasteiger partial charge in [-0.25, -0.2) is 0 Å². The van der Waals surface area contributed by atoms with E-state index in [1.54, 1.807) is 0 Å². The molecule has 0 bridgehead atoms. The van der Waals surface area contributed by atoms with Gasteiger partial charge >= 0.3 is 11.8 Å². The van der Waals surface area contributed by atoms with E-state index in [2.05, 4.69) is 43.3 Å². The Balaban J connectivity index is 2.58. The second kappa shape index (κ2) is 5.09. The van der Waals surface area contributed by atoms with Crippen LogP contribution in [0.25, 0.3) is 0 Å². The second-order valence-corrected chi connectivity index (χ2v) is 4.75. The van der Waals surface area contributed by atoms with Gasteiger partial charge in [-0.1, -0.05) is 27.7 Å². The standard InChI is InChI=1S/C11H19N3O2/c1-6(2)8(7(3)4)5-12-11-13-9(15)10(16)14-11/h6-8H,5H2,1-4H3,(H2,12,13,14,15,16). The third-order valence-corrected chi connectivity index (χ3v) is 2.84. The van der Waals surface area contributed by atoms with Crippen molar-refractivity contribution < 1.29 is 9.59 Å². The van der Waals surface area contributed by atoms with Crippen LogP contribution in [0.3, 0.4) is 0 Å². The largest absolute Gasteiger partial charge is 0.316 e. The van der Waals surface area contributed by atoms with E-state index in [0.717, 1.165) is 0 Å². The Hall–Kier alpha value is -1.39. The molecule has 0 saturated carbocycles. The molecule has 0 unspecified atom stereocenters. The lowest BCUT2D eigenvalue weighted by atomic mass is 9.86. The monoisotopic (exact) mass is 225 g/mol. The molecular formula is C11H19N3O2. The topological polar surface area (TPSA) is 70.6 Å². The molecule has 16 heavy (non-hydrogen) atoms. The van der Waals surface area contributed by atoms with Gasteiger partial charge in [0.15, 0.2) is 0 Å². The highest BCUT2D eigenvalue weighted by Crippen LogP contribution is 2.20. The summed E-state index contributed by atoms with van der Waals surface area (Å²) in [6, 6.07) is 0. The molecule has 0 spiro atoms. The highest BCUT2D eigenvalue weighted by Gasteiger charge is 2.25. The molecule has 5 heteroatoms. The van der Waals surface area contributed by atoms with Crippen molar-refractivity contribution in [2.75, 3.05) is 6.54 Å². The van der Waals surface area contributed by atoms with Crippen LogP contribution in [-0.4, -0.2) is 24.3 Å². The van der Waals surface area contributed by atoms with Crippen molar-refractivity contribution >= 4 is 17.8 Å². The number of carbonyl (C=O) groups excluding carboxylic acids is 2. The van der Waals surface area contributed by atoms with Gasteiger partial charge in [0, 0.05) is 6.54 Å². The Kier molecular flexibility index (Phi) is 4.04. The number of nitrogens with zero attached hydrogens (tertiary/aromatic N) is 1. The van der Waals surface area contributed by atoms with Crippen LogP contribution in [0, 0.1) is 17.8 Å². The number of rotatable bonds is 4. The van der Waals surface area contributed by atoms with Gasteiger partial charge in [0.25, 0.3) is 0 Å². The summed E-state index contributed by atoms with van der Waals surface area (Å²) in [5, 5.41) is 4.77. The maximum atomic E-state index is 10.9. The Morgan fingerprint density at radius 2 is 1.44 bits per heavy atom. The molecule has 1 aliphatic rings. The van der Waals surface area contributed by atoms with Crippen molar-refractivity contribution in [1.82, 2.24) is 10.6 Å². The molecule has 1 aliphatic heterocycles. The van der Waals surface area contributed by atoms with Gasteiger partial charge in [0.05, 0.1) is 0 Å². The molecule has 0 atom stereocenters. The van der Waals surface area contributed by atoms with Gasteiger partial charge in [0.2, 0.25) is 5.96 Å². The highest BCUT2D eigenvalue weighted by molar-refractivity contribution is 6.45. The predicted octanol–water partition coefficient (Wildman–Crippen LogP) is 0.517. The van der Waals surface area contributed by atoms with E-state index < -0.39 is 11.8 Å². The molecule has 0 aromatic carbocycles. The number of nitrogens with one attached hydrogen (secondary N) is 2. The van der Waals surface area contributed by atoms with Crippen molar-refractivity contribution in [2.24, 2.45) is 22.7 Å². The van der Waals surface area contributed by atoms with Crippen LogP contribution in [0.1, 0.15) is 27.7 Å². The van der Waals surface area contributed by atoms with Crippen molar-refractivity contribution in [3.05, 3.63) is 0 Å². The van der Waals surface area contributed by atoms with Crippen LogP contribution >= 0.6 is 0 Å². The highest BCUT2D eigenvalue weighted by atomic mass is 16.2. The summed E-state index contributed by atoms with van der Waals surface area (Å²) in [6.45, 7) is 9.21. The Morgan fingerprint density at radius 1 is 1.00 bits per heavy atom. The summed E-state index contributed by atoms with van der Waals surface area (Å²) in [6.07, 6.45) is 0. The molecule has 1 rings (SSSR count). The van der Waals surface area contributed by atoms with Crippen molar-refractivity contribution in [1.29, 1.82) is 0 Å². The Bertz CT molecular complexity index is 295. The van der Waals surface area contributed by atoms with Crippen LogP contribution in [0.15, 0.2) is 4.99 Å². The average Bonchev–Trinajstić information content (AvgIpc) is 2.45.